The van der Waals surface area contributed by atoms with Crippen molar-refractivity contribution in [2.75, 3.05) is 18.5 Å². The molecule has 1 atom stereocenters. The molecule has 1 aromatic carbocycles. The van der Waals surface area contributed by atoms with Crippen LogP contribution in [0.2, 0.25) is 0 Å². The van der Waals surface area contributed by atoms with Gasteiger partial charge in [0.25, 0.3) is 0 Å². The van der Waals surface area contributed by atoms with Crippen LogP contribution in [0.5, 0.6) is 0 Å². The average Bonchev–Trinajstić information content (AvgIpc) is 2.17. The first-order valence-electron chi connectivity index (χ1n) is 5.71. The van der Waals surface area contributed by atoms with Crippen molar-refractivity contribution in [1.29, 1.82) is 0 Å². The van der Waals surface area contributed by atoms with Gasteiger partial charge in [-0.05, 0) is 25.0 Å². The van der Waals surface area contributed by atoms with Crippen LogP contribution in [0.15, 0.2) is 24.3 Å². The summed E-state index contributed by atoms with van der Waals surface area (Å²) in [6, 6.07) is 9.01. The van der Waals surface area contributed by atoms with E-state index in [1.54, 1.807) is 0 Å². The zero-order chi connectivity index (χ0) is 10.7. The fourth-order valence-electron chi connectivity index (χ4n) is 1.97. The third-order valence-electron chi connectivity index (χ3n) is 3.16. The number of para-hydroxylation sites is 1. The second-order valence-electron chi connectivity index (χ2n) is 4.27. The highest BCUT2D eigenvalue weighted by Crippen LogP contribution is 2.23. The van der Waals surface area contributed by atoms with E-state index in [0.29, 0.717) is 12.0 Å². The third kappa shape index (κ3) is 2.32. The van der Waals surface area contributed by atoms with Gasteiger partial charge in [0.15, 0.2) is 0 Å². The Morgan fingerprint density at radius 2 is 2.13 bits per heavy atom. The quantitative estimate of drug-likeness (QED) is 0.816. The van der Waals surface area contributed by atoms with Gasteiger partial charge < -0.3 is 10.1 Å². The molecular weight excluding hydrogens is 186 g/mol. The summed E-state index contributed by atoms with van der Waals surface area (Å²) in [5.74, 6) is 0.689. The Balaban J connectivity index is 2.02. The van der Waals surface area contributed by atoms with Gasteiger partial charge in [-0.1, -0.05) is 25.1 Å². The smallest absolute Gasteiger partial charge is 0.0536 e. The summed E-state index contributed by atoms with van der Waals surface area (Å²) in [7, 11) is 0. The molecule has 0 amide bonds. The van der Waals surface area contributed by atoms with E-state index in [2.05, 4.69) is 43.4 Å². The lowest BCUT2D eigenvalue weighted by molar-refractivity contribution is -0.0408. The van der Waals surface area contributed by atoms with Gasteiger partial charge in [0.05, 0.1) is 13.2 Å². The number of hydrogen-bond donors (Lipinski definition) is 1. The molecular formula is C13H19NO. The Kier molecular flexibility index (Phi) is 3.27. The molecule has 2 heteroatoms. The Morgan fingerprint density at radius 1 is 1.40 bits per heavy atom. The van der Waals surface area contributed by atoms with Crippen LogP contribution >= 0.6 is 0 Å². The van der Waals surface area contributed by atoms with Gasteiger partial charge >= 0.3 is 0 Å². The zero-order valence-electron chi connectivity index (χ0n) is 9.49. The number of ether oxygens (including phenoxy) is 1. The summed E-state index contributed by atoms with van der Waals surface area (Å²) in [5, 5.41) is 3.62. The largest absolute Gasteiger partial charge is 0.382 e. The highest BCUT2D eigenvalue weighted by atomic mass is 16.5. The maximum absolute atomic E-state index is 5.25. The highest BCUT2D eigenvalue weighted by Gasteiger charge is 2.27. The Hall–Kier alpha value is -1.02. The molecule has 15 heavy (non-hydrogen) atoms. The van der Waals surface area contributed by atoms with E-state index in [1.807, 2.05) is 0 Å². The van der Waals surface area contributed by atoms with E-state index in [4.69, 9.17) is 4.74 Å². The number of nitrogens with one attached hydrogen (secondary N) is 1. The number of anilines is 1. The predicted molar refractivity (Wildman–Crippen MR) is 63.2 cm³/mol. The van der Waals surface area contributed by atoms with Crippen LogP contribution in [0.4, 0.5) is 5.69 Å². The Morgan fingerprint density at radius 3 is 2.67 bits per heavy atom. The van der Waals surface area contributed by atoms with Crippen molar-refractivity contribution in [3.63, 3.8) is 0 Å². The van der Waals surface area contributed by atoms with Crippen LogP contribution in [-0.2, 0) is 4.74 Å². The lowest BCUT2D eigenvalue weighted by atomic mass is 9.95. The highest BCUT2D eigenvalue weighted by molar-refractivity contribution is 5.51. The van der Waals surface area contributed by atoms with E-state index in [9.17, 15) is 0 Å². The Labute approximate surface area is 91.6 Å². The van der Waals surface area contributed by atoms with Gasteiger partial charge in [-0.15, -0.1) is 0 Å². The Bertz CT molecular complexity index is 320. The van der Waals surface area contributed by atoms with E-state index < -0.39 is 0 Å². The predicted octanol–water partition coefficient (Wildman–Crippen LogP) is 2.83. The van der Waals surface area contributed by atoms with Gasteiger partial charge in [0.1, 0.15) is 0 Å². The molecule has 0 bridgehead atoms. The van der Waals surface area contributed by atoms with Crippen molar-refractivity contribution >= 4 is 5.69 Å². The van der Waals surface area contributed by atoms with E-state index in [0.717, 1.165) is 19.6 Å². The first-order chi connectivity index (χ1) is 7.31. The molecule has 0 saturated carbocycles. The van der Waals surface area contributed by atoms with Crippen molar-refractivity contribution in [2.45, 2.75) is 26.3 Å². The molecule has 1 fully saturated rings. The first-order valence-corrected chi connectivity index (χ1v) is 5.71. The number of rotatable bonds is 4. The second kappa shape index (κ2) is 4.67. The molecule has 0 radical (unpaired) electrons. The molecule has 0 spiro atoms. The minimum atomic E-state index is 0.555. The molecule has 1 saturated heterocycles. The van der Waals surface area contributed by atoms with E-state index in [-0.39, 0.29) is 0 Å². The number of hydrogen-bond acceptors (Lipinski definition) is 2. The molecule has 1 aliphatic heterocycles. The number of aryl methyl sites for hydroxylation is 1. The van der Waals surface area contributed by atoms with Crippen LogP contribution in [0.1, 0.15) is 18.9 Å². The standard InChI is InChI=1S/C13H19NO/c1-3-12(11-8-15-9-11)14-13-7-5-4-6-10(13)2/h4-7,11-12,14H,3,8-9H2,1-2H3. The maximum atomic E-state index is 5.25. The summed E-state index contributed by atoms with van der Waals surface area (Å²) in [6.45, 7) is 6.20. The topological polar surface area (TPSA) is 21.3 Å². The number of benzene rings is 1. The van der Waals surface area contributed by atoms with Crippen molar-refractivity contribution in [2.24, 2.45) is 5.92 Å². The lowest BCUT2D eigenvalue weighted by Crippen LogP contribution is -2.41. The molecule has 1 aliphatic rings. The summed E-state index contributed by atoms with van der Waals surface area (Å²) in [5.41, 5.74) is 2.58. The van der Waals surface area contributed by atoms with Crippen molar-refractivity contribution in [3.8, 4) is 0 Å². The third-order valence-corrected chi connectivity index (χ3v) is 3.16. The van der Waals surface area contributed by atoms with Gasteiger partial charge in [-0.25, -0.2) is 0 Å². The molecule has 0 aromatic heterocycles. The fraction of sp³-hybridized carbons (Fsp3) is 0.538. The van der Waals surface area contributed by atoms with Crippen molar-refractivity contribution in [3.05, 3.63) is 29.8 Å². The van der Waals surface area contributed by atoms with E-state index in [1.165, 1.54) is 11.3 Å². The summed E-state index contributed by atoms with van der Waals surface area (Å²) >= 11 is 0. The van der Waals surface area contributed by atoms with Crippen LogP contribution in [0.3, 0.4) is 0 Å². The van der Waals surface area contributed by atoms with Crippen molar-refractivity contribution < 1.29 is 4.74 Å². The fourth-order valence-corrected chi connectivity index (χ4v) is 1.97. The normalized spacial score (nSPS) is 18.3. The average molecular weight is 205 g/mol. The lowest BCUT2D eigenvalue weighted by Gasteiger charge is -2.34. The molecule has 82 valence electrons. The molecule has 0 aliphatic carbocycles. The molecule has 2 nitrogen and oxygen atoms in total. The zero-order valence-corrected chi connectivity index (χ0v) is 9.49. The molecule has 2 rings (SSSR count). The van der Waals surface area contributed by atoms with E-state index >= 15 is 0 Å². The first kappa shape index (κ1) is 10.5. The van der Waals surface area contributed by atoms with Crippen LogP contribution in [0, 0.1) is 12.8 Å². The SMILES string of the molecule is CCC(Nc1ccccc1C)C1COC1. The summed E-state index contributed by atoms with van der Waals surface area (Å²) < 4.78 is 5.25. The van der Waals surface area contributed by atoms with Crippen LogP contribution in [-0.4, -0.2) is 19.3 Å². The van der Waals surface area contributed by atoms with Crippen LogP contribution in [0.25, 0.3) is 0 Å². The molecule has 1 aromatic rings. The minimum absolute atomic E-state index is 0.555. The molecule has 1 heterocycles. The van der Waals surface area contributed by atoms with Gasteiger partial charge in [-0.3, -0.25) is 0 Å². The summed E-state index contributed by atoms with van der Waals surface area (Å²) in [6.07, 6.45) is 1.16. The second-order valence-corrected chi connectivity index (χ2v) is 4.27. The van der Waals surface area contributed by atoms with Crippen molar-refractivity contribution in [1.82, 2.24) is 0 Å². The van der Waals surface area contributed by atoms with Gasteiger partial charge in [-0.2, -0.15) is 0 Å². The monoisotopic (exact) mass is 205 g/mol. The van der Waals surface area contributed by atoms with Gasteiger partial charge in [0, 0.05) is 17.6 Å². The van der Waals surface area contributed by atoms with Crippen LogP contribution < -0.4 is 5.32 Å². The molecule has 1 unspecified atom stereocenters. The maximum Gasteiger partial charge on any atom is 0.0536 e. The summed E-state index contributed by atoms with van der Waals surface area (Å²) in [4.78, 5) is 0. The molecule has 1 N–H and O–H groups in total. The van der Waals surface area contributed by atoms with Gasteiger partial charge in [0.2, 0.25) is 0 Å². The minimum Gasteiger partial charge on any atom is -0.382 e.